The molecule has 1 saturated carbocycles. The third kappa shape index (κ3) is 1.57. The molecule has 0 atom stereocenters. The zero-order valence-electron chi connectivity index (χ0n) is 10.3. The highest BCUT2D eigenvalue weighted by molar-refractivity contribution is 5.76. The molecule has 0 spiro atoms. The molecule has 2 aromatic rings. The number of aryl methyl sites for hydroxylation is 1. The topological polar surface area (TPSA) is 54.7 Å². The molecule has 0 amide bonds. The van der Waals surface area contributed by atoms with Crippen molar-refractivity contribution in [2.75, 3.05) is 6.54 Å². The Morgan fingerprint density at radius 1 is 1.41 bits per heavy atom. The van der Waals surface area contributed by atoms with Crippen LogP contribution in [0.4, 0.5) is 0 Å². The van der Waals surface area contributed by atoms with Crippen molar-refractivity contribution in [1.82, 2.24) is 9.97 Å². The van der Waals surface area contributed by atoms with Crippen molar-refractivity contribution in [3.63, 3.8) is 0 Å². The third-order valence-corrected chi connectivity index (χ3v) is 4.16. The van der Waals surface area contributed by atoms with Gasteiger partial charge in [0.05, 0.1) is 11.0 Å². The Labute approximate surface area is 101 Å². The van der Waals surface area contributed by atoms with Crippen LogP contribution in [0.1, 0.15) is 37.6 Å². The highest BCUT2D eigenvalue weighted by Crippen LogP contribution is 2.41. The van der Waals surface area contributed by atoms with Crippen molar-refractivity contribution in [2.45, 2.75) is 38.0 Å². The largest absolute Gasteiger partial charge is 0.341 e. The summed E-state index contributed by atoms with van der Waals surface area (Å²) in [4.78, 5) is 8.19. The zero-order chi connectivity index (χ0) is 11.9. The third-order valence-electron chi connectivity index (χ3n) is 4.16. The molecule has 1 aromatic carbocycles. The number of aromatic amines is 1. The van der Waals surface area contributed by atoms with E-state index in [2.05, 4.69) is 30.1 Å². The summed E-state index contributed by atoms with van der Waals surface area (Å²) in [5.74, 6) is 1.09. The van der Waals surface area contributed by atoms with Crippen molar-refractivity contribution in [3.8, 4) is 0 Å². The van der Waals surface area contributed by atoms with E-state index in [-0.39, 0.29) is 5.41 Å². The van der Waals surface area contributed by atoms with Crippen LogP contribution in [0.25, 0.3) is 11.0 Å². The molecule has 0 unspecified atom stereocenters. The number of aromatic nitrogens is 2. The van der Waals surface area contributed by atoms with Gasteiger partial charge in [0, 0.05) is 12.0 Å². The van der Waals surface area contributed by atoms with E-state index in [0.717, 1.165) is 23.3 Å². The molecule has 1 aliphatic rings. The Hall–Kier alpha value is -1.35. The van der Waals surface area contributed by atoms with Gasteiger partial charge in [-0.05, 0) is 37.0 Å². The lowest BCUT2D eigenvalue weighted by Crippen LogP contribution is -2.42. The molecule has 3 heteroatoms. The highest BCUT2D eigenvalue weighted by Gasteiger charge is 2.40. The fourth-order valence-corrected chi connectivity index (χ4v) is 2.67. The van der Waals surface area contributed by atoms with E-state index in [0.29, 0.717) is 6.54 Å². The van der Waals surface area contributed by atoms with Gasteiger partial charge >= 0.3 is 0 Å². The van der Waals surface area contributed by atoms with Gasteiger partial charge in [0.15, 0.2) is 0 Å². The minimum absolute atomic E-state index is 0.130. The SMILES string of the molecule is CCc1ccc2nc(C3(CN)CCC3)[nH]c2c1. The Bertz CT molecular complexity index is 532. The maximum absolute atomic E-state index is 5.92. The summed E-state index contributed by atoms with van der Waals surface area (Å²) < 4.78 is 0. The second-order valence-corrected chi connectivity index (χ2v) is 5.13. The summed E-state index contributed by atoms with van der Waals surface area (Å²) in [6.07, 6.45) is 4.68. The molecular weight excluding hydrogens is 210 g/mol. The summed E-state index contributed by atoms with van der Waals surface area (Å²) in [5.41, 5.74) is 9.62. The Balaban J connectivity index is 2.07. The average Bonchev–Trinajstić information content (AvgIpc) is 2.70. The number of hydrogen-bond donors (Lipinski definition) is 2. The van der Waals surface area contributed by atoms with Crippen LogP contribution < -0.4 is 5.73 Å². The summed E-state index contributed by atoms with van der Waals surface area (Å²) in [7, 11) is 0. The normalized spacial score (nSPS) is 18.2. The molecule has 1 aromatic heterocycles. The number of hydrogen-bond acceptors (Lipinski definition) is 2. The average molecular weight is 229 g/mol. The number of rotatable bonds is 3. The second-order valence-electron chi connectivity index (χ2n) is 5.13. The first-order valence-corrected chi connectivity index (χ1v) is 6.46. The standard InChI is InChI=1S/C14H19N3/c1-2-10-4-5-11-12(8-10)17-13(16-11)14(9-15)6-3-7-14/h4-5,8H,2-3,6-7,9,15H2,1H3,(H,16,17). The molecule has 17 heavy (non-hydrogen) atoms. The first-order chi connectivity index (χ1) is 8.27. The summed E-state index contributed by atoms with van der Waals surface area (Å²) in [6.45, 7) is 2.87. The molecule has 3 nitrogen and oxygen atoms in total. The van der Waals surface area contributed by atoms with Gasteiger partial charge in [-0.2, -0.15) is 0 Å². The van der Waals surface area contributed by atoms with Crippen LogP contribution in [-0.2, 0) is 11.8 Å². The van der Waals surface area contributed by atoms with Crippen LogP contribution in [0.3, 0.4) is 0 Å². The van der Waals surface area contributed by atoms with Crippen LogP contribution in [0, 0.1) is 0 Å². The molecule has 0 bridgehead atoms. The van der Waals surface area contributed by atoms with Gasteiger partial charge in [-0.15, -0.1) is 0 Å². The molecule has 90 valence electrons. The molecule has 0 aliphatic heterocycles. The van der Waals surface area contributed by atoms with Gasteiger partial charge in [-0.25, -0.2) is 4.98 Å². The van der Waals surface area contributed by atoms with E-state index in [1.165, 1.54) is 24.8 Å². The van der Waals surface area contributed by atoms with Gasteiger partial charge in [-0.1, -0.05) is 19.4 Å². The highest BCUT2D eigenvalue weighted by atomic mass is 15.0. The van der Waals surface area contributed by atoms with Crippen LogP contribution in [0.5, 0.6) is 0 Å². The predicted octanol–water partition coefficient (Wildman–Crippen LogP) is 2.51. The van der Waals surface area contributed by atoms with Gasteiger partial charge < -0.3 is 10.7 Å². The molecule has 3 N–H and O–H groups in total. The van der Waals surface area contributed by atoms with Gasteiger partial charge in [0.2, 0.25) is 0 Å². The molecule has 1 fully saturated rings. The van der Waals surface area contributed by atoms with Crippen molar-refractivity contribution >= 4 is 11.0 Å². The number of benzene rings is 1. The van der Waals surface area contributed by atoms with Crippen LogP contribution in [-0.4, -0.2) is 16.5 Å². The molecule has 0 radical (unpaired) electrons. The van der Waals surface area contributed by atoms with Crippen molar-refractivity contribution in [2.24, 2.45) is 5.73 Å². The number of nitrogens with two attached hydrogens (primary N) is 1. The number of nitrogens with zero attached hydrogens (tertiary/aromatic N) is 1. The van der Waals surface area contributed by atoms with E-state index in [4.69, 9.17) is 10.7 Å². The lowest BCUT2D eigenvalue weighted by Gasteiger charge is -2.38. The van der Waals surface area contributed by atoms with E-state index in [1.807, 2.05) is 0 Å². The number of H-pyrrole nitrogens is 1. The Morgan fingerprint density at radius 3 is 2.82 bits per heavy atom. The zero-order valence-corrected chi connectivity index (χ0v) is 10.3. The summed E-state index contributed by atoms with van der Waals surface area (Å²) in [6, 6.07) is 6.47. The van der Waals surface area contributed by atoms with Gasteiger partial charge in [0.1, 0.15) is 5.82 Å². The lowest BCUT2D eigenvalue weighted by molar-refractivity contribution is 0.240. The Morgan fingerprint density at radius 2 is 2.24 bits per heavy atom. The molecule has 1 aliphatic carbocycles. The summed E-state index contributed by atoms with van der Waals surface area (Å²) in [5, 5.41) is 0. The Kier molecular flexibility index (Phi) is 2.44. The second kappa shape index (κ2) is 3.84. The number of imidazole rings is 1. The van der Waals surface area contributed by atoms with Crippen molar-refractivity contribution in [3.05, 3.63) is 29.6 Å². The maximum Gasteiger partial charge on any atom is 0.114 e. The van der Waals surface area contributed by atoms with Crippen LogP contribution in [0.15, 0.2) is 18.2 Å². The molecular formula is C14H19N3. The fraction of sp³-hybridized carbons (Fsp3) is 0.500. The van der Waals surface area contributed by atoms with E-state index in [9.17, 15) is 0 Å². The van der Waals surface area contributed by atoms with Crippen molar-refractivity contribution < 1.29 is 0 Å². The minimum Gasteiger partial charge on any atom is -0.341 e. The maximum atomic E-state index is 5.92. The molecule has 3 rings (SSSR count). The lowest BCUT2D eigenvalue weighted by atomic mass is 9.68. The predicted molar refractivity (Wildman–Crippen MR) is 70.1 cm³/mol. The number of nitrogens with one attached hydrogen (secondary N) is 1. The molecule has 0 saturated heterocycles. The minimum atomic E-state index is 0.130. The smallest absolute Gasteiger partial charge is 0.114 e. The number of fused-ring (bicyclic) bond motifs is 1. The van der Waals surface area contributed by atoms with Crippen molar-refractivity contribution in [1.29, 1.82) is 0 Å². The first kappa shape index (κ1) is 10.8. The quantitative estimate of drug-likeness (QED) is 0.849. The first-order valence-electron chi connectivity index (χ1n) is 6.46. The molecule has 1 heterocycles. The van der Waals surface area contributed by atoms with Crippen LogP contribution >= 0.6 is 0 Å². The fourth-order valence-electron chi connectivity index (χ4n) is 2.67. The monoisotopic (exact) mass is 229 g/mol. The van der Waals surface area contributed by atoms with Gasteiger partial charge in [-0.3, -0.25) is 0 Å². The van der Waals surface area contributed by atoms with Gasteiger partial charge in [0.25, 0.3) is 0 Å². The summed E-state index contributed by atoms with van der Waals surface area (Å²) >= 11 is 0. The van der Waals surface area contributed by atoms with E-state index >= 15 is 0 Å². The van der Waals surface area contributed by atoms with Crippen LogP contribution in [0.2, 0.25) is 0 Å². The van der Waals surface area contributed by atoms with E-state index in [1.54, 1.807) is 0 Å². The van der Waals surface area contributed by atoms with E-state index < -0.39 is 0 Å².